The number of aromatic nitrogens is 2. The number of pyridine rings is 2. The lowest BCUT2D eigenvalue weighted by molar-refractivity contribution is 0.103. The molecular weight excluding hydrogens is 204 g/mol. The van der Waals surface area contributed by atoms with E-state index >= 15 is 0 Å². The smallest absolute Gasteiger partial charge is 0.196 e. The van der Waals surface area contributed by atoms with Crippen LogP contribution in [0.25, 0.3) is 0 Å². The van der Waals surface area contributed by atoms with Crippen LogP contribution in [0.1, 0.15) is 15.9 Å². The molecule has 0 atom stereocenters. The minimum Gasteiger partial charge on any atom is -0.397 e. The molecule has 2 aromatic rings. The summed E-state index contributed by atoms with van der Waals surface area (Å²) in [5.41, 5.74) is 12.8. The Labute approximate surface area is 92.1 Å². The van der Waals surface area contributed by atoms with Gasteiger partial charge in [0.1, 0.15) is 0 Å². The minimum absolute atomic E-state index is 0.195. The summed E-state index contributed by atoms with van der Waals surface area (Å²) in [7, 11) is 0. The minimum atomic E-state index is -0.195. The predicted octanol–water partition coefficient (Wildman–Crippen LogP) is 0.872. The molecule has 0 spiro atoms. The third-order valence-electron chi connectivity index (χ3n) is 2.04. The second kappa shape index (κ2) is 3.98. The zero-order chi connectivity index (χ0) is 11.5. The van der Waals surface area contributed by atoms with Gasteiger partial charge in [0.25, 0.3) is 0 Å². The lowest BCUT2D eigenvalue weighted by Gasteiger charge is -2.01. The molecule has 0 unspecified atom stereocenters. The van der Waals surface area contributed by atoms with Gasteiger partial charge in [-0.1, -0.05) is 0 Å². The largest absolute Gasteiger partial charge is 0.397 e. The molecule has 5 nitrogen and oxygen atoms in total. The Kier molecular flexibility index (Phi) is 2.51. The van der Waals surface area contributed by atoms with Crippen molar-refractivity contribution in [3.63, 3.8) is 0 Å². The summed E-state index contributed by atoms with van der Waals surface area (Å²) in [6.45, 7) is 0. The van der Waals surface area contributed by atoms with E-state index in [1.807, 2.05) is 0 Å². The van der Waals surface area contributed by atoms with Gasteiger partial charge in [-0.25, -0.2) is 0 Å². The van der Waals surface area contributed by atoms with Crippen molar-refractivity contribution < 1.29 is 4.79 Å². The summed E-state index contributed by atoms with van der Waals surface area (Å²) in [6, 6.07) is 3.14. The van der Waals surface area contributed by atoms with Gasteiger partial charge in [-0.15, -0.1) is 0 Å². The number of anilines is 2. The summed E-state index contributed by atoms with van der Waals surface area (Å²) in [6.07, 6.45) is 5.88. The standard InChI is InChI=1S/C11H10N4O/c12-9-1-7(3-14-5-9)11(16)8-2-10(13)6-15-4-8/h1-6H,12-13H2. The number of carbonyl (C=O) groups is 1. The van der Waals surface area contributed by atoms with E-state index in [0.717, 1.165) is 0 Å². The number of nitrogen functional groups attached to an aromatic ring is 2. The highest BCUT2D eigenvalue weighted by Gasteiger charge is 2.10. The highest BCUT2D eigenvalue weighted by Crippen LogP contribution is 2.12. The first-order chi connectivity index (χ1) is 7.66. The Balaban J connectivity index is 2.39. The van der Waals surface area contributed by atoms with Crippen molar-refractivity contribution >= 4 is 17.2 Å². The van der Waals surface area contributed by atoms with Crippen molar-refractivity contribution in [2.45, 2.75) is 0 Å². The predicted molar refractivity (Wildman–Crippen MR) is 60.7 cm³/mol. The molecule has 0 aliphatic carbocycles. The van der Waals surface area contributed by atoms with Crippen LogP contribution in [0.4, 0.5) is 11.4 Å². The van der Waals surface area contributed by atoms with E-state index in [1.165, 1.54) is 24.8 Å². The summed E-state index contributed by atoms with van der Waals surface area (Å²) < 4.78 is 0. The average molecular weight is 214 g/mol. The first-order valence-electron chi connectivity index (χ1n) is 4.62. The molecule has 4 N–H and O–H groups in total. The van der Waals surface area contributed by atoms with Crippen molar-refractivity contribution in [2.75, 3.05) is 11.5 Å². The van der Waals surface area contributed by atoms with Gasteiger partial charge in [-0.3, -0.25) is 14.8 Å². The molecule has 5 heteroatoms. The monoisotopic (exact) mass is 214 g/mol. The normalized spacial score (nSPS) is 10.0. The van der Waals surface area contributed by atoms with Gasteiger partial charge in [-0.2, -0.15) is 0 Å². The van der Waals surface area contributed by atoms with Crippen LogP contribution >= 0.6 is 0 Å². The number of hydrogen-bond donors (Lipinski definition) is 2. The van der Waals surface area contributed by atoms with Crippen molar-refractivity contribution in [2.24, 2.45) is 0 Å². The summed E-state index contributed by atoms with van der Waals surface area (Å²) in [4.78, 5) is 19.7. The number of nitrogens with zero attached hydrogens (tertiary/aromatic N) is 2. The van der Waals surface area contributed by atoms with Gasteiger partial charge in [0.15, 0.2) is 5.78 Å². The number of carbonyl (C=O) groups excluding carboxylic acids is 1. The second-order valence-electron chi connectivity index (χ2n) is 3.34. The van der Waals surface area contributed by atoms with Gasteiger partial charge >= 0.3 is 0 Å². The van der Waals surface area contributed by atoms with Gasteiger partial charge in [0, 0.05) is 35.9 Å². The molecule has 0 bridgehead atoms. The zero-order valence-electron chi connectivity index (χ0n) is 8.42. The number of rotatable bonds is 2. The number of nitrogens with two attached hydrogens (primary N) is 2. The third-order valence-corrected chi connectivity index (χ3v) is 2.04. The Morgan fingerprint density at radius 3 is 1.69 bits per heavy atom. The van der Waals surface area contributed by atoms with E-state index in [4.69, 9.17) is 11.5 Å². The van der Waals surface area contributed by atoms with Crippen LogP contribution in [0.15, 0.2) is 36.9 Å². The van der Waals surface area contributed by atoms with Crippen LogP contribution in [0, 0.1) is 0 Å². The van der Waals surface area contributed by atoms with Crippen LogP contribution in [0.5, 0.6) is 0 Å². The summed E-state index contributed by atoms with van der Waals surface area (Å²) in [5, 5.41) is 0. The Morgan fingerprint density at radius 1 is 0.875 bits per heavy atom. The molecule has 0 saturated heterocycles. The van der Waals surface area contributed by atoms with Crippen molar-refractivity contribution in [3.05, 3.63) is 48.0 Å². The molecule has 0 radical (unpaired) electrons. The fourth-order valence-corrected chi connectivity index (χ4v) is 1.33. The average Bonchev–Trinajstić information content (AvgIpc) is 2.28. The van der Waals surface area contributed by atoms with E-state index in [-0.39, 0.29) is 5.78 Å². The van der Waals surface area contributed by atoms with Crippen LogP contribution in [0.3, 0.4) is 0 Å². The molecule has 0 saturated carbocycles. The third kappa shape index (κ3) is 1.98. The molecule has 2 rings (SSSR count). The lowest BCUT2D eigenvalue weighted by Crippen LogP contribution is -2.04. The van der Waals surface area contributed by atoms with E-state index in [2.05, 4.69) is 9.97 Å². The SMILES string of the molecule is Nc1cncc(C(=O)c2cncc(N)c2)c1. The molecule has 80 valence electrons. The fourth-order valence-electron chi connectivity index (χ4n) is 1.33. The molecule has 0 amide bonds. The first kappa shape index (κ1) is 10.1. The Morgan fingerprint density at radius 2 is 1.31 bits per heavy atom. The second-order valence-corrected chi connectivity index (χ2v) is 3.34. The topological polar surface area (TPSA) is 94.9 Å². The Hall–Kier alpha value is -2.43. The zero-order valence-corrected chi connectivity index (χ0v) is 8.42. The van der Waals surface area contributed by atoms with Gasteiger partial charge in [0.05, 0.1) is 11.4 Å². The number of hydrogen-bond acceptors (Lipinski definition) is 5. The van der Waals surface area contributed by atoms with Crippen molar-refractivity contribution in [3.8, 4) is 0 Å². The van der Waals surface area contributed by atoms with Crippen LogP contribution in [-0.2, 0) is 0 Å². The summed E-state index contributed by atoms with van der Waals surface area (Å²) >= 11 is 0. The Bertz CT molecular complexity index is 492. The lowest BCUT2D eigenvalue weighted by atomic mass is 10.1. The van der Waals surface area contributed by atoms with Crippen molar-refractivity contribution in [1.82, 2.24) is 9.97 Å². The highest BCUT2D eigenvalue weighted by atomic mass is 16.1. The fraction of sp³-hybridized carbons (Fsp3) is 0. The highest BCUT2D eigenvalue weighted by molar-refractivity contribution is 6.09. The van der Waals surface area contributed by atoms with E-state index < -0.39 is 0 Å². The van der Waals surface area contributed by atoms with Gasteiger partial charge in [-0.05, 0) is 12.1 Å². The summed E-state index contributed by atoms with van der Waals surface area (Å²) in [5.74, 6) is -0.195. The van der Waals surface area contributed by atoms with Crippen LogP contribution < -0.4 is 11.5 Å². The molecule has 2 heterocycles. The van der Waals surface area contributed by atoms with Gasteiger partial charge in [0.2, 0.25) is 0 Å². The van der Waals surface area contributed by atoms with Crippen LogP contribution in [0.2, 0.25) is 0 Å². The molecule has 0 aliphatic heterocycles. The quantitative estimate of drug-likeness (QED) is 0.723. The van der Waals surface area contributed by atoms with E-state index in [9.17, 15) is 4.79 Å². The molecule has 2 aromatic heterocycles. The van der Waals surface area contributed by atoms with Crippen molar-refractivity contribution in [1.29, 1.82) is 0 Å². The van der Waals surface area contributed by atoms with E-state index in [0.29, 0.717) is 22.5 Å². The molecular formula is C11H10N4O. The molecule has 16 heavy (non-hydrogen) atoms. The maximum Gasteiger partial charge on any atom is 0.196 e. The van der Waals surface area contributed by atoms with E-state index in [1.54, 1.807) is 12.1 Å². The first-order valence-corrected chi connectivity index (χ1v) is 4.62. The molecule has 0 fully saturated rings. The van der Waals surface area contributed by atoms with Gasteiger partial charge < -0.3 is 11.5 Å². The maximum atomic E-state index is 12.0. The molecule has 0 aliphatic rings. The number of ketones is 1. The van der Waals surface area contributed by atoms with Crippen LogP contribution in [-0.4, -0.2) is 15.8 Å². The maximum absolute atomic E-state index is 12.0. The molecule has 0 aromatic carbocycles.